The third-order valence-corrected chi connectivity index (χ3v) is 4.98. The quantitative estimate of drug-likeness (QED) is 0.886. The molecule has 0 spiro atoms. The van der Waals surface area contributed by atoms with E-state index in [0.717, 1.165) is 24.2 Å². The van der Waals surface area contributed by atoms with E-state index in [1.54, 1.807) is 12.4 Å². The smallest absolute Gasteiger partial charge is 0.174 e. The first kappa shape index (κ1) is 14.5. The Balaban J connectivity index is 1.84. The molecule has 5 nitrogen and oxygen atoms in total. The minimum atomic E-state index is -0.855. The number of para-hydroxylation sites is 1. The van der Waals surface area contributed by atoms with Crippen molar-refractivity contribution in [1.29, 1.82) is 0 Å². The molecule has 4 N–H and O–H groups in total. The highest BCUT2D eigenvalue weighted by Crippen LogP contribution is 2.44. The molecular formula is C18H22N4O. The second-order valence-corrected chi connectivity index (χ2v) is 6.34. The first-order chi connectivity index (χ1) is 11.2. The summed E-state index contributed by atoms with van der Waals surface area (Å²) in [5.41, 5.74) is 15.4. The van der Waals surface area contributed by atoms with Crippen LogP contribution in [-0.4, -0.2) is 24.3 Å². The third-order valence-electron chi connectivity index (χ3n) is 4.98. The van der Waals surface area contributed by atoms with E-state index in [1.165, 1.54) is 24.9 Å². The molecule has 1 aromatic carbocycles. The average molecular weight is 310 g/mol. The number of anilines is 1. The SMILES string of the molecule is NC1Oc2cnccc2C1(N)c1ccccc1N1CCCCC1. The van der Waals surface area contributed by atoms with Crippen molar-refractivity contribution >= 4 is 5.69 Å². The van der Waals surface area contributed by atoms with Crippen LogP contribution in [0, 0.1) is 0 Å². The van der Waals surface area contributed by atoms with Crippen molar-refractivity contribution in [3.63, 3.8) is 0 Å². The molecule has 1 saturated heterocycles. The number of rotatable bonds is 2. The molecule has 23 heavy (non-hydrogen) atoms. The van der Waals surface area contributed by atoms with Crippen LogP contribution in [-0.2, 0) is 5.54 Å². The van der Waals surface area contributed by atoms with Gasteiger partial charge in [0, 0.05) is 36.1 Å². The Morgan fingerprint density at radius 3 is 2.70 bits per heavy atom. The molecule has 120 valence electrons. The van der Waals surface area contributed by atoms with Gasteiger partial charge in [0.1, 0.15) is 11.3 Å². The number of benzene rings is 1. The van der Waals surface area contributed by atoms with Gasteiger partial charge in [-0.3, -0.25) is 10.7 Å². The minimum Gasteiger partial charge on any atom is -0.471 e. The lowest BCUT2D eigenvalue weighted by molar-refractivity contribution is 0.177. The number of hydrogen-bond acceptors (Lipinski definition) is 5. The topological polar surface area (TPSA) is 77.4 Å². The maximum absolute atomic E-state index is 6.84. The monoisotopic (exact) mass is 310 g/mol. The van der Waals surface area contributed by atoms with E-state index in [2.05, 4.69) is 28.1 Å². The van der Waals surface area contributed by atoms with Crippen LogP contribution in [0.15, 0.2) is 42.7 Å². The highest BCUT2D eigenvalue weighted by molar-refractivity contribution is 5.62. The van der Waals surface area contributed by atoms with Gasteiger partial charge in [0.05, 0.1) is 6.20 Å². The molecule has 1 aromatic heterocycles. The summed E-state index contributed by atoms with van der Waals surface area (Å²) >= 11 is 0. The van der Waals surface area contributed by atoms with Crippen LogP contribution in [0.3, 0.4) is 0 Å². The number of pyridine rings is 1. The minimum absolute atomic E-state index is 0.618. The fraction of sp³-hybridized carbons (Fsp3) is 0.389. The van der Waals surface area contributed by atoms with Crippen molar-refractivity contribution in [3.05, 3.63) is 53.9 Å². The van der Waals surface area contributed by atoms with Gasteiger partial charge >= 0.3 is 0 Å². The molecule has 2 aliphatic heterocycles. The summed E-state index contributed by atoms with van der Waals surface area (Å²) in [6.07, 6.45) is 6.54. The number of ether oxygens (including phenoxy) is 1. The van der Waals surface area contributed by atoms with Crippen molar-refractivity contribution in [3.8, 4) is 5.75 Å². The van der Waals surface area contributed by atoms with Crippen LogP contribution in [0.25, 0.3) is 0 Å². The normalized spacial score (nSPS) is 26.7. The van der Waals surface area contributed by atoms with Crippen molar-refractivity contribution < 1.29 is 4.74 Å². The highest BCUT2D eigenvalue weighted by atomic mass is 16.5. The van der Waals surface area contributed by atoms with Crippen molar-refractivity contribution in [1.82, 2.24) is 4.98 Å². The Morgan fingerprint density at radius 2 is 1.87 bits per heavy atom. The van der Waals surface area contributed by atoms with Gasteiger partial charge in [0.2, 0.25) is 0 Å². The Labute approximate surface area is 136 Å². The summed E-state index contributed by atoms with van der Waals surface area (Å²) in [7, 11) is 0. The maximum atomic E-state index is 6.84. The van der Waals surface area contributed by atoms with Gasteiger partial charge in [-0.15, -0.1) is 0 Å². The lowest BCUT2D eigenvalue weighted by Crippen LogP contribution is -2.53. The van der Waals surface area contributed by atoms with E-state index in [0.29, 0.717) is 5.75 Å². The van der Waals surface area contributed by atoms with Crippen LogP contribution >= 0.6 is 0 Å². The van der Waals surface area contributed by atoms with E-state index >= 15 is 0 Å². The van der Waals surface area contributed by atoms with E-state index in [4.69, 9.17) is 16.2 Å². The molecule has 5 heteroatoms. The van der Waals surface area contributed by atoms with E-state index in [1.807, 2.05) is 12.1 Å². The summed E-state index contributed by atoms with van der Waals surface area (Å²) < 4.78 is 5.79. The molecule has 4 rings (SSSR count). The molecule has 2 aromatic rings. The number of nitrogens with zero attached hydrogens (tertiary/aromatic N) is 2. The van der Waals surface area contributed by atoms with Gasteiger partial charge in [0.25, 0.3) is 0 Å². The zero-order valence-electron chi connectivity index (χ0n) is 13.1. The third kappa shape index (κ3) is 2.19. The van der Waals surface area contributed by atoms with Crippen molar-refractivity contribution in [2.24, 2.45) is 11.5 Å². The summed E-state index contributed by atoms with van der Waals surface area (Å²) in [4.78, 5) is 6.53. The van der Waals surface area contributed by atoms with Crippen molar-refractivity contribution in [2.75, 3.05) is 18.0 Å². The Bertz CT molecular complexity index is 714. The Hall–Kier alpha value is -2.11. The van der Waals surface area contributed by atoms with E-state index in [-0.39, 0.29) is 0 Å². The summed E-state index contributed by atoms with van der Waals surface area (Å²) in [5, 5.41) is 0. The Morgan fingerprint density at radius 1 is 1.09 bits per heavy atom. The molecule has 0 bridgehead atoms. The molecule has 0 aliphatic carbocycles. The number of aromatic nitrogens is 1. The van der Waals surface area contributed by atoms with E-state index < -0.39 is 11.8 Å². The lowest BCUT2D eigenvalue weighted by atomic mass is 9.82. The number of piperidine rings is 1. The number of hydrogen-bond donors (Lipinski definition) is 2. The van der Waals surface area contributed by atoms with Crippen LogP contribution in [0.4, 0.5) is 5.69 Å². The first-order valence-corrected chi connectivity index (χ1v) is 8.21. The average Bonchev–Trinajstić information content (AvgIpc) is 2.88. The standard InChI is InChI=1S/C18H22N4O/c19-17-18(20,14-8-9-21-12-16(14)23-17)13-6-2-3-7-15(13)22-10-4-1-5-11-22/h2-3,6-9,12,17H,1,4-5,10-11,19-20H2. The molecule has 2 atom stereocenters. The molecule has 0 radical (unpaired) electrons. The van der Waals surface area contributed by atoms with Gasteiger partial charge in [-0.25, -0.2) is 0 Å². The Kier molecular flexibility index (Phi) is 3.47. The second-order valence-electron chi connectivity index (χ2n) is 6.34. The summed E-state index contributed by atoms with van der Waals surface area (Å²) in [6.45, 7) is 2.12. The molecule has 2 unspecified atom stereocenters. The number of nitrogens with two attached hydrogens (primary N) is 2. The summed E-state index contributed by atoms with van der Waals surface area (Å²) in [5.74, 6) is 0.677. The largest absolute Gasteiger partial charge is 0.471 e. The molecule has 2 aliphatic rings. The van der Waals surface area contributed by atoms with Gasteiger partial charge in [-0.1, -0.05) is 18.2 Å². The van der Waals surface area contributed by atoms with Gasteiger partial charge < -0.3 is 15.4 Å². The van der Waals surface area contributed by atoms with Gasteiger partial charge in [-0.2, -0.15) is 0 Å². The predicted octanol–water partition coefficient (Wildman–Crippen LogP) is 1.95. The van der Waals surface area contributed by atoms with Crippen LogP contribution in [0.5, 0.6) is 5.75 Å². The fourth-order valence-corrected chi connectivity index (χ4v) is 3.73. The molecular weight excluding hydrogens is 288 g/mol. The predicted molar refractivity (Wildman–Crippen MR) is 90.3 cm³/mol. The molecule has 0 amide bonds. The van der Waals surface area contributed by atoms with Crippen LogP contribution < -0.4 is 21.1 Å². The van der Waals surface area contributed by atoms with Gasteiger partial charge in [-0.05, 0) is 31.4 Å². The first-order valence-electron chi connectivity index (χ1n) is 8.21. The fourth-order valence-electron chi connectivity index (χ4n) is 3.73. The van der Waals surface area contributed by atoms with Gasteiger partial charge in [0.15, 0.2) is 6.23 Å². The highest BCUT2D eigenvalue weighted by Gasteiger charge is 2.47. The molecule has 3 heterocycles. The second kappa shape index (κ2) is 5.51. The van der Waals surface area contributed by atoms with E-state index in [9.17, 15) is 0 Å². The van der Waals surface area contributed by atoms with Crippen molar-refractivity contribution in [2.45, 2.75) is 31.0 Å². The zero-order valence-corrected chi connectivity index (χ0v) is 13.1. The van der Waals surface area contributed by atoms with Crippen LogP contribution in [0.1, 0.15) is 30.4 Å². The van der Waals surface area contributed by atoms with Crippen LogP contribution in [0.2, 0.25) is 0 Å². The number of fused-ring (bicyclic) bond motifs is 1. The lowest BCUT2D eigenvalue weighted by Gasteiger charge is -2.36. The summed E-state index contributed by atoms with van der Waals surface area (Å²) in [6, 6.07) is 10.2. The molecule has 0 saturated carbocycles. The maximum Gasteiger partial charge on any atom is 0.174 e. The molecule has 1 fully saturated rings. The zero-order chi connectivity index (χ0) is 15.9.